The highest BCUT2D eigenvalue weighted by Gasteiger charge is 2.16. The minimum Gasteiger partial charge on any atom is -0.422 e. The Morgan fingerprint density at radius 1 is 0.875 bits per heavy atom. The summed E-state index contributed by atoms with van der Waals surface area (Å²) in [6.07, 6.45) is 1.48. The van der Waals surface area contributed by atoms with Gasteiger partial charge in [-0.15, -0.1) is 0 Å². The van der Waals surface area contributed by atoms with Gasteiger partial charge in [-0.25, -0.2) is 10.2 Å². The van der Waals surface area contributed by atoms with Crippen LogP contribution in [0.15, 0.2) is 90.0 Å². The van der Waals surface area contributed by atoms with Crippen LogP contribution in [-0.2, 0) is 0 Å². The normalized spacial score (nSPS) is 10.9. The van der Waals surface area contributed by atoms with E-state index in [1.165, 1.54) is 6.21 Å². The SMILES string of the molecule is O=C(Oc1ccc2ccccc2c1C=NNC(=O)c1ccccc1I)c1ccccc1Cl. The lowest BCUT2D eigenvalue weighted by Crippen LogP contribution is -2.19. The highest BCUT2D eigenvalue weighted by Crippen LogP contribution is 2.28. The monoisotopic (exact) mass is 554 g/mol. The van der Waals surface area contributed by atoms with Gasteiger partial charge < -0.3 is 4.74 Å². The standard InChI is InChI=1S/C25H16ClIN2O3/c26-21-11-5-3-9-18(21)25(31)32-23-14-13-16-7-1-2-8-17(16)20(23)15-28-29-24(30)19-10-4-6-12-22(19)27/h1-15H,(H,29,30). The van der Waals surface area contributed by atoms with Crippen LogP contribution in [0.1, 0.15) is 26.3 Å². The van der Waals surface area contributed by atoms with Crippen molar-refractivity contribution in [2.45, 2.75) is 0 Å². The Bertz CT molecular complexity index is 1350. The van der Waals surface area contributed by atoms with Crippen molar-refractivity contribution in [2.75, 3.05) is 0 Å². The van der Waals surface area contributed by atoms with Crippen molar-refractivity contribution in [3.05, 3.63) is 110 Å². The van der Waals surface area contributed by atoms with Crippen molar-refractivity contribution >= 4 is 63.1 Å². The van der Waals surface area contributed by atoms with Gasteiger partial charge in [0.1, 0.15) is 5.75 Å². The third-order valence-corrected chi connectivity index (χ3v) is 5.98. The van der Waals surface area contributed by atoms with Crippen molar-refractivity contribution in [3.8, 4) is 5.75 Å². The molecule has 0 aliphatic heterocycles. The van der Waals surface area contributed by atoms with Crippen molar-refractivity contribution in [1.29, 1.82) is 0 Å². The number of rotatable bonds is 5. The first-order chi connectivity index (χ1) is 15.5. The quantitative estimate of drug-likeness (QED) is 0.107. The van der Waals surface area contributed by atoms with Crippen LogP contribution < -0.4 is 10.2 Å². The fourth-order valence-corrected chi connectivity index (χ4v) is 3.99. The molecule has 1 N–H and O–H groups in total. The van der Waals surface area contributed by atoms with Crippen LogP contribution in [0.3, 0.4) is 0 Å². The summed E-state index contributed by atoms with van der Waals surface area (Å²) >= 11 is 8.23. The molecule has 32 heavy (non-hydrogen) atoms. The lowest BCUT2D eigenvalue weighted by molar-refractivity contribution is 0.0734. The van der Waals surface area contributed by atoms with Gasteiger partial charge in [0.05, 0.1) is 22.4 Å². The molecule has 4 rings (SSSR count). The van der Waals surface area contributed by atoms with Crippen molar-refractivity contribution < 1.29 is 14.3 Å². The van der Waals surface area contributed by atoms with Crippen LogP contribution in [0, 0.1) is 3.57 Å². The van der Waals surface area contributed by atoms with Gasteiger partial charge in [0.2, 0.25) is 0 Å². The van der Waals surface area contributed by atoms with E-state index < -0.39 is 5.97 Å². The van der Waals surface area contributed by atoms with Crippen molar-refractivity contribution in [1.82, 2.24) is 5.43 Å². The predicted octanol–water partition coefficient (Wildman–Crippen LogP) is 6.08. The number of carbonyl (C=O) groups is 2. The number of fused-ring (bicyclic) bond motifs is 1. The van der Waals surface area contributed by atoms with Crippen LogP contribution >= 0.6 is 34.2 Å². The summed E-state index contributed by atoms with van der Waals surface area (Å²) in [6, 6.07) is 25.1. The number of hydrogen-bond donors (Lipinski definition) is 1. The zero-order valence-corrected chi connectivity index (χ0v) is 19.5. The zero-order valence-electron chi connectivity index (χ0n) is 16.6. The van der Waals surface area contributed by atoms with Gasteiger partial charge in [0.15, 0.2) is 0 Å². The van der Waals surface area contributed by atoms with Crippen LogP contribution in [0.2, 0.25) is 5.02 Å². The van der Waals surface area contributed by atoms with E-state index in [1.54, 1.807) is 42.5 Å². The first kappa shape index (κ1) is 22.0. The van der Waals surface area contributed by atoms with E-state index in [0.29, 0.717) is 21.9 Å². The number of halogens is 2. The van der Waals surface area contributed by atoms with E-state index in [0.717, 1.165) is 14.3 Å². The van der Waals surface area contributed by atoms with E-state index in [1.807, 2.05) is 42.5 Å². The third kappa shape index (κ3) is 4.81. The molecule has 0 atom stereocenters. The molecule has 0 unspecified atom stereocenters. The van der Waals surface area contributed by atoms with Gasteiger partial charge in [-0.05, 0) is 63.7 Å². The fourth-order valence-electron chi connectivity index (χ4n) is 3.14. The average molecular weight is 555 g/mol. The Morgan fingerprint density at radius 3 is 2.34 bits per heavy atom. The number of carbonyl (C=O) groups excluding carboxylic acids is 2. The second kappa shape index (κ2) is 9.93. The van der Waals surface area contributed by atoms with Gasteiger partial charge in [-0.2, -0.15) is 5.10 Å². The van der Waals surface area contributed by atoms with E-state index in [-0.39, 0.29) is 11.5 Å². The maximum Gasteiger partial charge on any atom is 0.345 e. The van der Waals surface area contributed by atoms with Gasteiger partial charge in [0, 0.05) is 9.13 Å². The molecule has 158 valence electrons. The molecule has 0 bridgehead atoms. The number of benzene rings is 4. The minimum absolute atomic E-state index is 0.261. The first-order valence-corrected chi connectivity index (χ1v) is 11.1. The van der Waals surface area contributed by atoms with Gasteiger partial charge in [0.25, 0.3) is 5.91 Å². The molecule has 0 fully saturated rings. The number of ether oxygens (including phenoxy) is 1. The van der Waals surface area contributed by atoms with Crippen molar-refractivity contribution in [2.24, 2.45) is 5.10 Å². The molecule has 0 aliphatic rings. The highest BCUT2D eigenvalue weighted by molar-refractivity contribution is 14.1. The summed E-state index contributed by atoms with van der Waals surface area (Å²) in [7, 11) is 0. The van der Waals surface area contributed by atoms with Crippen LogP contribution in [0.25, 0.3) is 10.8 Å². The molecule has 0 aliphatic carbocycles. The number of hydrazone groups is 1. The maximum atomic E-state index is 12.7. The summed E-state index contributed by atoms with van der Waals surface area (Å²) in [4.78, 5) is 25.2. The smallest absolute Gasteiger partial charge is 0.345 e. The minimum atomic E-state index is -0.580. The molecule has 4 aromatic carbocycles. The topological polar surface area (TPSA) is 67.8 Å². The van der Waals surface area contributed by atoms with E-state index in [2.05, 4.69) is 33.1 Å². The van der Waals surface area contributed by atoms with Crippen molar-refractivity contribution in [3.63, 3.8) is 0 Å². The molecule has 0 spiro atoms. The molecule has 0 heterocycles. The van der Waals surface area contributed by atoms with Gasteiger partial charge in [-0.1, -0.05) is 66.2 Å². The molecule has 5 nitrogen and oxygen atoms in total. The fraction of sp³-hybridized carbons (Fsp3) is 0. The van der Waals surface area contributed by atoms with Gasteiger partial charge >= 0.3 is 5.97 Å². The van der Waals surface area contributed by atoms with Crippen LogP contribution in [-0.4, -0.2) is 18.1 Å². The second-order valence-electron chi connectivity index (χ2n) is 6.75. The second-order valence-corrected chi connectivity index (χ2v) is 8.32. The Labute approximate surface area is 203 Å². The lowest BCUT2D eigenvalue weighted by atomic mass is 10.0. The number of nitrogens with one attached hydrogen (secondary N) is 1. The summed E-state index contributed by atoms with van der Waals surface area (Å²) < 4.78 is 6.47. The maximum absolute atomic E-state index is 12.7. The molecular formula is C25H16ClIN2O3. The molecule has 0 aromatic heterocycles. The Balaban J connectivity index is 1.65. The summed E-state index contributed by atoms with van der Waals surface area (Å²) in [5, 5.41) is 6.19. The molecule has 0 saturated heterocycles. The largest absolute Gasteiger partial charge is 0.422 e. The molecule has 0 saturated carbocycles. The summed E-state index contributed by atoms with van der Waals surface area (Å²) in [5.41, 5.74) is 3.88. The van der Waals surface area contributed by atoms with E-state index in [4.69, 9.17) is 16.3 Å². The molecular weight excluding hydrogens is 539 g/mol. The van der Waals surface area contributed by atoms with E-state index >= 15 is 0 Å². The molecule has 4 aromatic rings. The molecule has 1 amide bonds. The number of nitrogens with zero attached hydrogens (tertiary/aromatic N) is 1. The lowest BCUT2D eigenvalue weighted by Gasteiger charge is -2.11. The number of esters is 1. The molecule has 0 radical (unpaired) electrons. The Hall–Kier alpha value is -3.23. The predicted molar refractivity (Wildman–Crippen MR) is 135 cm³/mol. The number of amides is 1. The Morgan fingerprint density at radius 2 is 1.56 bits per heavy atom. The summed E-state index contributed by atoms with van der Waals surface area (Å²) in [6.45, 7) is 0. The van der Waals surface area contributed by atoms with Gasteiger partial charge in [-0.3, -0.25) is 4.79 Å². The van der Waals surface area contributed by atoms with Crippen LogP contribution in [0.4, 0.5) is 0 Å². The average Bonchev–Trinajstić information content (AvgIpc) is 2.80. The first-order valence-electron chi connectivity index (χ1n) is 9.61. The highest BCUT2D eigenvalue weighted by atomic mass is 127. The number of hydrogen-bond acceptors (Lipinski definition) is 4. The zero-order chi connectivity index (χ0) is 22.5. The summed E-state index contributed by atoms with van der Waals surface area (Å²) in [5.74, 6) is -0.606. The van der Waals surface area contributed by atoms with E-state index in [9.17, 15) is 9.59 Å². The molecule has 7 heteroatoms. The Kier molecular flexibility index (Phi) is 6.82. The van der Waals surface area contributed by atoms with Crippen LogP contribution in [0.5, 0.6) is 5.75 Å². The third-order valence-electron chi connectivity index (χ3n) is 4.71.